The number of aromatic nitrogens is 1. The summed E-state index contributed by atoms with van der Waals surface area (Å²) >= 11 is 0. The number of nitriles is 1. The average molecular weight is 566 g/mol. The first-order valence-electron chi connectivity index (χ1n) is 14.8. The summed E-state index contributed by atoms with van der Waals surface area (Å²) in [6.45, 7) is 12.6. The van der Waals surface area contributed by atoms with E-state index in [2.05, 4.69) is 74.5 Å². The molecule has 0 amide bonds. The molecule has 6 aromatic rings. The van der Waals surface area contributed by atoms with Gasteiger partial charge in [0.05, 0.1) is 22.8 Å². The Morgan fingerprint density at radius 1 is 0.837 bits per heavy atom. The maximum atomic E-state index is 15.5. The molecule has 0 saturated carbocycles. The third-order valence-corrected chi connectivity index (χ3v) is 9.30. The highest BCUT2D eigenvalue weighted by atomic mass is 19.1. The summed E-state index contributed by atoms with van der Waals surface area (Å²) < 4.78 is 24.3. The molecule has 3 nitrogen and oxygen atoms in total. The Morgan fingerprint density at radius 3 is 2.23 bits per heavy atom. The molecule has 0 atom stereocenters. The van der Waals surface area contributed by atoms with Gasteiger partial charge in [0.1, 0.15) is 24.0 Å². The van der Waals surface area contributed by atoms with Crippen molar-refractivity contribution in [3.63, 3.8) is 0 Å². The molecule has 0 saturated heterocycles. The standard InChI is InChI=1S/C39H34FN2O/c1-22-12-15-26-27-16-13-24(20-41)35(23-14-17-30-28(18-23)25-10-8-9-11-29(25)39(30,5)6)37(27)43-36(26)34(22)33-19-32(40)31(21-42(33)7)38(2,3)4/h8-19,21H,1-7H3/q+1. The molecule has 0 fully saturated rings. The van der Waals surface area contributed by atoms with E-state index >= 15 is 4.39 Å². The van der Waals surface area contributed by atoms with Crippen LogP contribution in [0.25, 0.3) is 55.4 Å². The zero-order valence-electron chi connectivity index (χ0n) is 25.7. The molecule has 1 aliphatic rings. The number of fused-ring (bicyclic) bond motifs is 6. The van der Waals surface area contributed by atoms with Gasteiger partial charge in [-0.3, -0.25) is 0 Å². The van der Waals surface area contributed by atoms with E-state index in [1.165, 1.54) is 22.3 Å². The Balaban J connectivity index is 1.51. The van der Waals surface area contributed by atoms with Crippen molar-refractivity contribution in [1.29, 1.82) is 5.26 Å². The zero-order valence-corrected chi connectivity index (χ0v) is 25.7. The van der Waals surface area contributed by atoms with Gasteiger partial charge < -0.3 is 4.42 Å². The first kappa shape index (κ1) is 27.1. The Bertz CT molecular complexity index is 2190. The number of halogens is 1. The van der Waals surface area contributed by atoms with Crippen molar-refractivity contribution in [3.8, 4) is 39.6 Å². The first-order valence-corrected chi connectivity index (χ1v) is 14.8. The molecular formula is C39H34FN2O+. The third-order valence-electron chi connectivity index (χ3n) is 9.30. The fourth-order valence-electron chi connectivity index (χ4n) is 7.00. The monoisotopic (exact) mass is 565 g/mol. The minimum atomic E-state index is -0.324. The normalized spacial score (nSPS) is 13.7. The highest BCUT2D eigenvalue weighted by molar-refractivity contribution is 6.14. The second kappa shape index (κ2) is 9.12. The van der Waals surface area contributed by atoms with E-state index < -0.39 is 0 Å². The summed E-state index contributed by atoms with van der Waals surface area (Å²) in [6, 6.07) is 27.1. The van der Waals surface area contributed by atoms with Crippen LogP contribution in [0.2, 0.25) is 0 Å². The second-order valence-electron chi connectivity index (χ2n) is 13.4. The highest BCUT2D eigenvalue weighted by Gasteiger charge is 2.35. The summed E-state index contributed by atoms with van der Waals surface area (Å²) in [6.07, 6.45) is 1.88. The minimum Gasteiger partial charge on any atom is -0.454 e. The van der Waals surface area contributed by atoms with E-state index in [0.717, 1.165) is 38.7 Å². The summed E-state index contributed by atoms with van der Waals surface area (Å²) in [5.74, 6) is -0.234. The van der Waals surface area contributed by atoms with Gasteiger partial charge in [0.25, 0.3) is 0 Å². The second-order valence-corrected chi connectivity index (χ2v) is 13.4. The summed E-state index contributed by atoms with van der Waals surface area (Å²) in [7, 11) is 1.95. The molecule has 0 radical (unpaired) electrons. The van der Waals surface area contributed by atoms with Crippen LogP contribution in [0.4, 0.5) is 4.39 Å². The van der Waals surface area contributed by atoms with Crippen LogP contribution in [0.5, 0.6) is 0 Å². The van der Waals surface area contributed by atoms with Crippen LogP contribution in [0.3, 0.4) is 0 Å². The van der Waals surface area contributed by atoms with Gasteiger partial charge in [-0.1, -0.05) is 83.1 Å². The molecule has 4 heteroatoms. The van der Waals surface area contributed by atoms with E-state index in [1.807, 2.05) is 57.6 Å². The highest BCUT2D eigenvalue weighted by Crippen LogP contribution is 2.50. The third kappa shape index (κ3) is 3.88. The lowest BCUT2D eigenvalue weighted by Crippen LogP contribution is -2.34. The maximum absolute atomic E-state index is 15.5. The molecule has 212 valence electrons. The molecule has 0 aliphatic heterocycles. The molecule has 0 N–H and O–H groups in total. The Kier molecular flexibility index (Phi) is 5.75. The van der Waals surface area contributed by atoms with Gasteiger partial charge in [-0.15, -0.1) is 0 Å². The van der Waals surface area contributed by atoms with Crippen molar-refractivity contribution in [3.05, 3.63) is 113 Å². The molecule has 7 rings (SSSR count). The van der Waals surface area contributed by atoms with Crippen LogP contribution in [-0.2, 0) is 17.9 Å². The summed E-state index contributed by atoms with van der Waals surface area (Å²) in [5.41, 5.74) is 11.5. The first-order chi connectivity index (χ1) is 20.4. The lowest BCUT2D eigenvalue weighted by Gasteiger charge is -2.21. The Morgan fingerprint density at radius 2 is 1.51 bits per heavy atom. The largest absolute Gasteiger partial charge is 0.454 e. The van der Waals surface area contributed by atoms with Crippen molar-refractivity contribution in [2.75, 3.05) is 0 Å². The van der Waals surface area contributed by atoms with Gasteiger partial charge >= 0.3 is 0 Å². The topological polar surface area (TPSA) is 40.8 Å². The van der Waals surface area contributed by atoms with Gasteiger partial charge in [0.2, 0.25) is 5.69 Å². The molecular weight excluding hydrogens is 531 g/mol. The number of hydrogen-bond donors (Lipinski definition) is 0. The molecule has 1 aliphatic carbocycles. The molecule has 2 heterocycles. The van der Waals surface area contributed by atoms with Gasteiger partial charge in [0.15, 0.2) is 6.20 Å². The SMILES string of the molecule is Cc1ccc2c(oc3c(-c4ccc5c(c4)-c4ccccc4C5(C)C)c(C#N)ccc32)c1-c1cc(F)c(C(C)(C)C)c[n+]1C. The van der Waals surface area contributed by atoms with E-state index in [1.54, 1.807) is 6.07 Å². The van der Waals surface area contributed by atoms with Crippen molar-refractivity contribution >= 4 is 21.9 Å². The van der Waals surface area contributed by atoms with Crippen LogP contribution >= 0.6 is 0 Å². The maximum Gasteiger partial charge on any atom is 0.219 e. The molecule has 0 unspecified atom stereocenters. The average Bonchev–Trinajstić information content (AvgIpc) is 3.45. The van der Waals surface area contributed by atoms with E-state index in [-0.39, 0.29) is 16.6 Å². The molecule has 2 aromatic heterocycles. The zero-order chi connectivity index (χ0) is 30.4. The number of rotatable bonds is 2. The fourth-order valence-corrected chi connectivity index (χ4v) is 7.00. The van der Waals surface area contributed by atoms with Gasteiger partial charge in [-0.05, 0) is 63.9 Å². The predicted octanol–water partition coefficient (Wildman–Crippen LogP) is 9.67. The van der Waals surface area contributed by atoms with Crippen LogP contribution in [-0.4, -0.2) is 0 Å². The quantitative estimate of drug-likeness (QED) is 0.196. The number of pyridine rings is 1. The summed E-state index contributed by atoms with van der Waals surface area (Å²) in [5, 5.41) is 12.1. The lowest BCUT2D eigenvalue weighted by atomic mass is 9.82. The fraction of sp³-hybridized carbons (Fsp3) is 0.231. The van der Waals surface area contributed by atoms with E-state index in [4.69, 9.17) is 4.42 Å². The van der Waals surface area contributed by atoms with Crippen molar-refractivity contribution in [1.82, 2.24) is 0 Å². The van der Waals surface area contributed by atoms with Crippen LogP contribution in [0.1, 0.15) is 62.4 Å². The van der Waals surface area contributed by atoms with Crippen LogP contribution in [0.15, 0.2) is 83.4 Å². The number of benzene rings is 4. The number of hydrogen-bond acceptors (Lipinski definition) is 2. The molecule has 43 heavy (non-hydrogen) atoms. The van der Waals surface area contributed by atoms with E-state index in [9.17, 15) is 5.26 Å². The Labute approximate surface area is 251 Å². The minimum absolute atomic E-state index is 0.104. The van der Waals surface area contributed by atoms with Gasteiger partial charge in [-0.2, -0.15) is 5.26 Å². The van der Waals surface area contributed by atoms with Gasteiger partial charge in [-0.25, -0.2) is 8.96 Å². The van der Waals surface area contributed by atoms with Crippen LogP contribution < -0.4 is 4.57 Å². The van der Waals surface area contributed by atoms with Gasteiger partial charge in [0, 0.05) is 27.8 Å². The number of nitrogens with zero attached hydrogens (tertiary/aromatic N) is 2. The molecule has 0 spiro atoms. The number of aryl methyl sites for hydroxylation is 2. The van der Waals surface area contributed by atoms with Crippen LogP contribution in [0, 0.1) is 24.1 Å². The van der Waals surface area contributed by atoms with Crippen molar-refractivity contribution < 1.29 is 13.4 Å². The van der Waals surface area contributed by atoms with Crippen molar-refractivity contribution in [2.24, 2.45) is 7.05 Å². The van der Waals surface area contributed by atoms with E-state index in [0.29, 0.717) is 22.3 Å². The Hall–Kier alpha value is -4.75. The smallest absolute Gasteiger partial charge is 0.219 e. The predicted molar refractivity (Wildman–Crippen MR) is 171 cm³/mol. The molecule has 0 bridgehead atoms. The summed E-state index contributed by atoms with van der Waals surface area (Å²) in [4.78, 5) is 0. The lowest BCUT2D eigenvalue weighted by molar-refractivity contribution is -0.661. The number of furan rings is 1. The van der Waals surface area contributed by atoms with Crippen molar-refractivity contribution in [2.45, 2.75) is 52.4 Å². The molecule has 4 aromatic carbocycles.